The van der Waals surface area contributed by atoms with E-state index in [0.717, 1.165) is 20.9 Å². The number of hydrogen-bond donors (Lipinski definition) is 1. The second kappa shape index (κ2) is 7.71. The highest BCUT2D eigenvalue weighted by atomic mass is 32.2. The number of hydrogen-bond acceptors (Lipinski definition) is 3. The van der Waals surface area contributed by atoms with Crippen LogP contribution in [0.3, 0.4) is 0 Å². The summed E-state index contributed by atoms with van der Waals surface area (Å²) < 4.78 is 12.8. The van der Waals surface area contributed by atoms with Crippen LogP contribution < -0.4 is 0 Å². The SMILES string of the molecule is Cc1ccc([S@](=O)c2ccsc2C(O)/C=C/c2ccccc2)cc1. The maximum absolute atomic E-state index is 12.8. The van der Waals surface area contributed by atoms with E-state index in [-0.39, 0.29) is 0 Å². The lowest BCUT2D eigenvalue weighted by Crippen LogP contribution is -1.98. The quantitative estimate of drug-likeness (QED) is 0.702. The zero-order chi connectivity index (χ0) is 16.9. The molecule has 122 valence electrons. The van der Waals surface area contributed by atoms with Crippen LogP contribution in [0.15, 0.2) is 81.9 Å². The summed E-state index contributed by atoms with van der Waals surface area (Å²) in [5.74, 6) is 0. The van der Waals surface area contributed by atoms with Gasteiger partial charge in [0.1, 0.15) is 6.10 Å². The number of aryl methyl sites for hydroxylation is 1. The van der Waals surface area contributed by atoms with Crippen molar-refractivity contribution in [1.29, 1.82) is 0 Å². The Hall–Kier alpha value is -2.01. The third-order valence-corrected chi connectivity index (χ3v) is 6.20. The predicted octanol–water partition coefficient (Wildman–Crippen LogP) is 4.97. The van der Waals surface area contributed by atoms with Gasteiger partial charge in [-0.25, -0.2) is 4.21 Å². The molecule has 0 bridgehead atoms. The summed E-state index contributed by atoms with van der Waals surface area (Å²) in [7, 11) is -1.29. The molecule has 0 aliphatic heterocycles. The van der Waals surface area contributed by atoms with Gasteiger partial charge in [-0.2, -0.15) is 0 Å². The topological polar surface area (TPSA) is 37.3 Å². The summed E-state index contributed by atoms with van der Waals surface area (Å²) in [4.78, 5) is 2.15. The monoisotopic (exact) mass is 354 g/mol. The van der Waals surface area contributed by atoms with Crippen molar-refractivity contribution in [1.82, 2.24) is 0 Å². The van der Waals surface area contributed by atoms with E-state index >= 15 is 0 Å². The van der Waals surface area contributed by atoms with E-state index in [1.165, 1.54) is 11.3 Å². The molecule has 2 atom stereocenters. The van der Waals surface area contributed by atoms with Crippen molar-refractivity contribution in [3.05, 3.63) is 88.1 Å². The summed E-state index contributed by atoms with van der Waals surface area (Å²) >= 11 is 1.42. The van der Waals surface area contributed by atoms with Gasteiger partial charge >= 0.3 is 0 Å². The zero-order valence-corrected chi connectivity index (χ0v) is 14.9. The van der Waals surface area contributed by atoms with Crippen LogP contribution in [-0.4, -0.2) is 9.32 Å². The highest BCUT2D eigenvalue weighted by molar-refractivity contribution is 7.85. The van der Waals surface area contributed by atoms with Crippen LogP contribution in [-0.2, 0) is 10.8 Å². The fourth-order valence-corrected chi connectivity index (χ4v) is 4.66. The maximum Gasteiger partial charge on any atom is 0.108 e. The van der Waals surface area contributed by atoms with Crippen LogP contribution in [0.5, 0.6) is 0 Å². The number of rotatable bonds is 5. The Balaban J connectivity index is 1.83. The molecule has 0 aliphatic rings. The van der Waals surface area contributed by atoms with Crippen molar-refractivity contribution in [3.63, 3.8) is 0 Å². The molecule has 0 saturated carbocycles. The van der Waals surface area contributed by atoms with Crippen LogP contribution in [0.4, 0.5) is 0 Å². The molecular weight excluding hydrogens is 336 g/mol. The second-order valence-electron chi connectivity index (χ2n) is 5.45. The summed E-state index contributed by atoms with van der Waals surface area (Å²) in [6, 6.07) is 19.3. The minimum atomic E-state index is -1.29. The molecule has 0 saturated heterocycles. The summed E-state index contributed by atoms with van der Waals surface area (Å²) in [6.45, 7) is 2.00. The first kappa shape index (κ1) is 16.8. The Kier molecular flexibility index (Phi) is 5.41. The summed E-state index contributed by atoms with van der Waals surface area (Å²) in [5.41, 5.74) is 2.15. The van der Waals surface area contributed by atoms with E-state index in [1.807, 2.05) is 79.0 Å². The normalized spacial score (nSPS) is 13.9. The molecule has 1 heterocycles. The van der Waals surface area contributed by atoms with Crippen molar-refractivity contribution in [2.75, 3.05) is 0 Å². The maximum atomic E-state index is 12.8. The first-order valence-corrected chi connectivity index (χ1v) is 9.65. The van der Waals surface area contributed by atoms with Gasteiger partial charge in [-0.1, -0.05) is 60.2 Å². The molecule has 24 heavy (non-hydrogen) atoms. The van der Waals surface area contributed by atoms with Crippen LogP contribution in [0.1, 0.15) is 22.1 Å². The molecular formula is C20H18O2S2. The molecule has 0 radical (unpaired) electrons. The van der Waals surface area contributed by atoms with Gasteiger partial charge in [0.15, 0.2) is 0 Å². The van der Waals surface area contributed by atoms with E-state index in [4.69, 9.17) is 0 Å². The fourth-order valence-electron chi connectivity index (χ4n) is 2.32. The molecule has 2 aromatic carbocycles. The first-order valence-electron chi connectivity index (χ1n) is 7.62. The van der Waals surface area contributed by atoms with Crippen molar-refractivity contribution >= 4 is 28.2 Å². The van der Waals surface area contributed by atoms with Crippen molar-refractivity contribution < 1.29 is 9.32 Å². The third kappa shape index (κ3) is 3.90. The third-order valence-electron chi connectivity index (χ3n) is 3.63. The standard InChI is InChI=1S/C20H18O2S2/c1-15-7-10-17(11-8-15)24(22)19-13-14-23-20(19)18(21)12-9-16-5-3-2-4-6-16/h2-14,18,21H,1H3/b12-9+/t18?,24-/m0/s1. The molecule has 3 aromatic rings. The van der Waals surface area contributed by atoms with E-state index in [0.29, 0.717) is 4.90 Å². The number of aliphatic hydroxyl groups is 1. The van der Waals surface area contributed by atoms with E-state index in [9.17, 15) is 9.32 Å². The molecule has 1 unspecified atom stereocenters. The smallest absolute Gasteiger partial charge is 0.108 e. The highest BCUT2D eigenvalue weighted by Gasteiger charge is 2.17. The number of benzene rings is 2. The Morgan fingerprint density at radius 3 is 2.46 bits per heavy atom. The molecule has 0 amide bonds. The first-order chi connectivity index (χ1) is 11.6. The van der Waals surface area contributed by atoms with Gasteiger partial charge in [0, 0.05) is 4.90 Å². The van der Waals surface area contributed by atoms with Crippen LogP contribution in [0.25, 0.3) is 6.08 Å². The Labute approximate surface area is 148 Å². The largest absolute Gasteiger partial charge is 0.383 e. The van der Waals surface area contributed by atoms with Gasteiger partial charge in [0.25, 0.3) is 0 Å². The van der Waals surface area contributed by atoms with Crippen molar-refractivity contribution in [2.45, 2.75) is 22.8 Å². The van der Waals surface area contributed by atoms with E-state index in [1.54, 1.807) is 6.08 Å². The summed E-state index contributed by atoms with van der Waals surface area (Å²) in [5, 5.41) is 12.4. The molecule has 0 aliphatic carbocycles. The van der Waals surface area contributed by atoms with E-state index < -0.39 is 16.9 Å². The second-order valence-corrected chi connectivity index (χ2v) is 7.84. The lowest BCUT2D eigenvalue weighted by atomic mass is 10.2. The fraction of sp³-hybridized carbons (Fsp3) is 0.100. The van der Waals surface area contributed by atoms with Crippen molar-refractivity contribution in [2.24, 2.45) is 0 Å². The molecule has 1 aromatic heterocycles. The van der Waals surface area contributed by atoms with Gasteiger partial charge in [-0.15, -0.1) is 11.3 Å². The molecule has 3 rings (SSSR count). The van der Waals surface area contributed by atoms with Crippen molar-refractivity contribution in [3.8, 4) is 0 Å². The Morgan fingerprint density at radius 2 is 1.75 bits per heavy atom. The minimum absolute atomic E-state index is 0.675. The van der Waals surface area contributed by atoms with Crippen LogP contribution in [0, 0.1) is 6.92 Å². The average Bonchev–Trinajstić information content (AvgIpc) is 3.10. The lowest BCUT2D eigenvalue weighted by molar-refractivity contribution is 0.230. The Bertz CT molecular complexity index is 849. The molecule has 2 nitrogen and oxygen atoms in total. The molecule has 0 fully saturated rings. The molecule has 4 heteroatoms. The Morgan fingerprint density at radius 1 is 1.04 bits per heavy atom. The van der Waals surface area contributed by atoms with Crippen LogP contribution >= 0.6 is 11.3 Å². The zero-order valence-electron chi connectivity index (χ0n) is 13.3. The summed E-state index contributed by atoms with van der Waals surface area (Å²) in [6.07, 6.45) is 2.84. The lowest BCUT2D eigenvalue weighted by Gasteiger charge is -2.08. The molecule has 0 spiro atoms. The average molecular weight is 354 g/mol. The number of thiophene rings is 1. The van der Waals surface area contributed by atoms with E-state index in [2.05, 4.69) is 0 Å². The van der Waals surface area contributed by atoms with Gasteiger partial charge in [0.2, 0.25) is 0 Å². The van der Waals surface area contributed by atoms with Gasteiger partial charge in [-0.3, -0.25) is 0 Å². The molecule has 1 N–H and O–H groups in total. The van der Waals surface area contributed by atoms with Gasteiger partial charge < -0.3 is 5.11 Å². The highest BCUT2D eigenvalue weighted by Crippen LogP contribution is 2.31. The van der Waals surface area contributed by atoms with Gasteiger partial charge in [0.05, 0.1) is 20.6 Å². The predicted molar refractivity (Wildman–Crippen MR) is 101 cm³/mol. The van der Waals surface area contributed by atoms with Crippen LogP contribution in [0.2, 0.25) is 0 Å². The minimum Gasteiger partial charge on any atom is -0.383 e. The number of aliphatic hydroxyl groups excluding tert-OH is 1. The van der Waals surface area contributed by atoms with Gasteiger partial charge in [-0.05, 0) is 36.1 Å².